The number of rotatable bonds is 3. The number of hydrogen-bond acceptors (Lipinski definition) is 4. The maximum atomic E-state index is 6.11. The van der Waals surface area contributed by atoms with Crippen molar-refractivity contribution in [1.82, 2.24) is 15.2 Å². The van der Waals surface area contributed by atoms with Gasteiger partial charge in [0.1, 0.15) is 0 Å². The van der Waals surface area contributed by atoms with Gasteiger partial charge in [-0.05, 0) is 12.3 Å². The van der Waals surface area contributed by atoms with Gasteiger partial charge in [-0.15, -0.1) is 0 Å². The van der Waals surface area contributed by atoms with Crippen molar-refractivity contribution in [2.24, 2.45) is 18.8 Å². The summed E-state index contributed by atoms with van der Waals surface area (Å²) in [6.07, 6.45) is 2.73. The van der Waals surface area contributed by atoms with E-state index in [0.717, 1.165) is 18.7 Å². The fourth-order valence-corrected chi connectivity index (χ4v) is 2.53. The van der Waals surface area contributed by atoms with Gasteiger partial charge in [-0.2, -0.15) is 5.10 Å². The number of hydrogen-bond donors (Lipinski definition) is 2. The second-order valence-electron chi connectivity index (χ2n) is 4.25. The highest BCUT2D eigenvalue weighted by atomic mass is 35.5. The van der Waals surface area contributed by atoms with Gasteiger partial charge in [0.15, 0.2) is 0 Å². The molecule has 0 saturated carbocycles. The minimum atomic E-state index is -0.113. The van der Waals surface area contributed by atoms with Crippen molar-refractivity contribution in [1.29, 1.82) is 0 Å². The van der Waals surface area contributed by atoms with Crippen LogP contribution in [0, 0.1) is 5.92 Å². The zero-order chi connectivity index (χ0) is 11.7. The van der Waals surface area contributed by atoms with Gasteiger partial charge in [-0.3, -0.25) is 10.5 Å². The number of aromatic nitrogens is 2. The molecule has 1 fully saturated rings. The van der Waals surface area contributed by atoms with E-state index in [1.807, 2.05) is 7.05 Å². The Morgan fingerprint density at radius 3 is 2.94 bits per heavy atom. The van der Waals surface area contributed by atoms with E-state index in [2.05, 4.69) is 17.4 Å². The molecule has 0 bridgehead atoms. The van der Waals surface area contributed by atoms with Crippen LogP contribution < -0.4 is 11.3 Å². The summed E-state index contributed by atoms with van der Waals surface area (Å²) in [5, 5.41) is 4.73. The lowest BCUT2D eigenvalue weighted by atomic mass is 9.96. The van der Waals surface area contributed by atoms with Crippen LogP contribution in [0.4, 0.5) is 0 Å². The van der Waals surface area contributed by atoms with Crippen LogP contribution in [-0.2, 0) is 11.8 Å². The largest absolute Gasteiger partial charge is 0.376 e. The number of halogens is 1. The molecule has 0 radical (unpaired) electrons. The molecule has 90 valence electrons. The Kier molecular flexibility index (Phi) is 3.49. The first kappa shape index (κ1) is 11.9. The number of hydrazine groups is 1. The van der Waals surface area contributed by atoms with Crippen molar-refractivity contribution in [3.63, 3.8) is 0 Å². The third-order valence-corrected chi connectivity index (χ3v) is 3.48. The molecule has 0 aliphatic carbocycles. The van der Waals surface area contributed by atoms with Gasteiger partial charge in [0, 0.05) is 13.7 Å². The molecule has 1 saturated heterocycles. The molecule has 16 heavy (non-hydrogen) atoms. The average Bonchev–Trinajstić information content (AvgIpc) is 2.80. The molecule has 6 heteroatoms. The highest BCUT2D eigenvalue weighted by Gasteiger charge is 2.35. The Morgan fingerprint density at radius 1 is 1.75 bits per heavy atom. The van der Waals surface area contributed by atoms with Gasteiger partial charge in [-0.25, -0.2) is 5.43 Å². The summed E-state index contributed by atoms with van der Waals surface area (Å²) < 4.78 is 7.45. The molecule has 0 amide bonds. The van der Waals surface area contributed by atoms with Crippen molar-refractivity contribution in [3.8, 4) is 0 Å². The third-order valence-electron chi connectivity index (χ3n) is 3.18. The van der Waals surface area contributed by atoms with Gasteiger partial charge < -0.3 is 4.74 Å². The van der Waals surface area contributed by atoms with Crippen LogP contribution in [0.15, 0.2) is 6.20 Å². The van der Waals surface area contributed by atoms with E-state index in [9.17, 15) is 0 Å². The van der Waals surface area contributed by atoms with Crippen LogP contribution in [0.25, 0.3) is 0 Å². The highest BCUT2D eigenvalue weighted by Crippen LogP contribution is 2.33. The van der Waals surface area contributed by atoms with Crippen molar-refractivity contribution >= 4 is 11.6 Å². The van der Waals surface area contributed by atoms with Crippen LogP contribution in [-0.4, -0.2) is 22.5 Å². The summed E-state index contributed by atoms with van der Waals surface area (Å²) in [7, 11) is 1.85. The Labute approximate surface area is 99.9 Å². The minimum Gasteiger partial charge on any atom is -0.376 e. The number of nitrogens with two attached hydrogens (primary N) is 1. The molecule has 0 aromatic carbocycles. The van der Waals surface area contributed by atoms with Crippen LogP contribution in [0.5, 0.6) is 0 Å². The Morgan fingerprint density at radius 2 is 2.50 bits per heavy atom. The molecule has 1 aromatic rings. The first-order valence-corrected chi connectivity index (χ1v) is 5.78. The van der Waals surface area contributed by atoms with Crippen molar-refractivity contribution < 1.29 is 4.74 Å². The summed E-state index contributed by atoms with van der Waals surface area (Å²) in [6, 6.07) is -0.113. The Balaban J connectivity index is 2.28. The first-order valence-electron chi connectivity index (χ1n) is 5.40. The lowest BCUT2D eigenvalue weighted by Crippen LogP contribution is -2.40. The lowest BCUT2D eigenvalue weighted by Gasteiger charge is -2.25. The highest BCUT2D eigenvalue weighted by molar-refractivity contribution is 6.31. The number of nitrogens with zero attached hydrogens (tertiary/aromatic N) is 2. The predicted molar refractivity (Wildman–Crippen MR) is 61.8 cm³/mol. The van der Waals surface area contributed by atoms with Gasteiger partial charge >= 0.3 is 0 Å². The summed E-state index contributed by atoms with van der Waals surface area (Å²) >= 11 is 6.11. The van der Waals surface area contributed by atoms with Crippen molar-refractivity contribution in [2.45, 2.75) is 25.5 Å². The monoisotopic (exact) mass is 244 g/mol. The molecule has 3 atom stereocenters. The quantitative estimate of drug-likeness (QED) is 0.615. The lowest BCUT2D eigenvalue weighted by molar-refractivity contribution is 0.0583. The van der Waals surface area contributed by atoms with Crippen LogP contribution >= 0.6 is 11.6 Å². The smallest absolute Gasteiger partial charge is 0.0907 e. The van der Waals surface area contributed by atoms with Crippen LogP contribution in [0.2, 0.25) is 5.02 Å². The standard InChI is InChI=1S/C10H17ClN4O/c1-6-3-4-16-10(6)8(14-12)9-7(11)5-13-15(9)2/h5-6,8,10,14H,3-4,12H2,1-2H3. The molecule has 2 heterocycles. The summed E-state index contributed by atoms with van der Waals surface area (Å²) in [6.45, 7) is 2.94. The maximum Gasteiger partial charge on any atom is 0.0907 e. The molecule has 3 N–H and O–H groups in total. The molecule has 1 aliphatic rings. The van der Waals surface area contributed by atoms with Gasteiger partial charge in [-0.1, -0.05) is 18.5 Å². The van der Waals surface area contributed by atoms with E-state index in [-0.39, 0.29) is 12.1 Å². The SMILES string of the molecule is CC1CCOC1C(NN)c1c(Cl)cnn1C. The second kappa shape index (κ2) is 4.71. The molecule has 1 aromatic heterocycles. The third kappa shape index (κ3) is 1.96. The molecular weight excluding hydrogens is 228 g/mol. The van der Waals surface area contributed by atoms with E-state index in [0.29, 0.717) is 10.9 Å². The normalized spacial score (nSPS) is 27.2. The van der Waals surface area contributed by atoms with E-state index in [1.54, 1.807) is 10.9 Å². The summed E-state index contributed by atoms with van der Waals surface area (Å²) in [5.74, 6) is 6.08. The fraction of sp³-hybridized carbons (Fsp3) is 0.700. The van der Waals surface area contributed by atoms with E-state index in [1.165, 1.54) is 0 Å². The molecule has 3 unspecified atom stereocenters. The zero-order valence-corrected chi connectivity index (χ0v) is 10.2. The molecular formula is C10H17ClN4O. The van der Waals surface area contributed by atoms with Gasteiger partial charge in [0.05, 0.1) is 29.1 Å². The van der Waals surface area contributed by atoms with E-state index in [4.69, 9.17) is 22.2 Å². The molecule has 2 rings (SSSR count). The number of aryl methyl sites for hydroxylation is 1. The van der Waals surface area contributed by atoms with Gasteiger partial charge in [0.25, 0.3) is 0 Å². The second-order valence-corrected chi connectivity index (χ2v) is 4.65. The van der Waals surface area contributed by atoms with Gasteiger partial charge in [0.2, 0.25) is 0 Å². The van der Waals surface area contributed by atoms with Crippen molar-refractivity contribution in [3.05, 3.63) is 16.9 Å². The molecule has 5 nitrogen and oxygen atoms in total. The van der Waals surface area contributed by atoms with E-state index < -0.39 is 0 Å². The number of ether oxygens (including phenoxy) is 1. The van der Waals surface area contributed by atoms with Crippen molar-refractivity contribution in [2.75, 3.05) is 6.61 Å². The zero-order valence-electron chi connectivity index (χ0n) is 9.48. The Hall–Kier alpha value is -0.620. The summed E-state index contributed by atoms with van der Waals surface area (Å²) in [5.41, 5.74) is 3.67. The first-order chi connectivity index (χ1) is 7.65. The minimum absolute atomic E-state index is 0.0536. The molecule has 0 spiro atoms. The number of nitrogens with one attached hydrogen (secondary N) is 1. The van der Waals surface area contributed by atoms with Crippen LogP contribution in [0.1, 0.15) is 25.1 Å². The topological polar surface area (TPSA) is 65.1 Å². The average molecular weight is 245 g/mol. The molecule has 1 aliphatic heterocycles. The summed E-state index contributed by atoms with van der Waals surface area (Å²) in [4.78, 5) is 0. The predicted octanol–water partition coefficient (Wildman–Crippen LogP) is 1.00. The van der Waals surface area contributed by atoms with Crippen LogP contribution in [0.3, 0.4) is 0 Å². The fourth-order valence-electron chi connectivity index (χ4n) is 2.24. The maximum absolute atomic E-state index is 6.11. The Bertz CT molecular complexity index is 348. The van der Waals surface area contributed by atoms with E-state index >= 15 is 0 Å².